The molecule has 0 aliphatic carbocycles. The molecule has 1 heterocycles. The van der Waals surface area contributed by atoms with Crippen molar-refractivity contribution in [3.05, 3.63) is 91.7 Å². The number of hydrazone groups is 1. The normalized spacial score (nSPS) is 15.0. The third-order valence-corrected chi connectivity index (χ3v) is 7.75. The Labute approximate surface area is 287 Å². The molecule has 4 rings (SSSR count). The van der Waals surface area contributed by atoms with E-state index in [-0.39, 0.29) is 12.2 Å². The van der Waals surface area contributed by atoms with Gasteiger partial charge in [-0.05, 0) is 91.2 Å². The summed E-state index contributed by atoms with van der Waals surface area (Å²) in [5.41, 5.74) is 6.90. The monoisotopic (exact) mass is 758 g/mol. The number of amides is 2. The van der Waals surface area contributed by atoms with Crippen LogP contribution in [0.3, 0.4) is 0 Å². The van der Waals surface area contributed by atoms with Crippen molar-refractivity contribution in [1.29, 1.82) is 0 Å². The highest BCUT2D eigenvalue weighted by Crippen LogP contribution is 2.36. The quantitative estimate of drug-likeness (QED) is 0.0547. The Hall–Kier alpha value is -4.50. The lowest BCUT2D eigenvalue weighted by Gasteiger charge is -2.28. The highest BCUT2D eigenvalue weighted by molar-refractivity contribution is 14.1. The van der Waals surface area contributed by atoms with Gasteiger partial charge >= 0.3 is 12.0 Å². The van der Waals surface area contributed by atoms with Crippen molar-refractivity contribution >= 4 is 40.8 Å². The van der Waals surface area contributed by atoms with Crippen LogP contribution < -0.4 is 35.0 Å². The van der Waals surface area contributed by atoms with Crippen molar-refractivity contribution in [2.45, 2.75) is 46.6 Å². The van der Waals surface area contributed by atoms with Crippen molar-refractivity contribution in [1.82, 2.24) is 16.1 Å². The summed E-state index contributed by atoms with van der Waals surface area (Å²) in [5, 5.41) is 20.1. The van der Waals surface area contributed by atoms with E-state index in [1.807, 2.05) is 57.2 Å². The number of hydrogen-bond acceptors (Lipinski definition) is 10. The number of carbonyl (C=O) groups excluding carboxylic acids is 2. The van der Waals surface area contributed by atoms with E-state index in [9.17, 15) is 14.7 Å². The van der Waals surface area contributed by atoms with Crippen LogP contribution in [0.1, 0.15) is 49.1 Å². The number of aliphatic hydroxyl groups is 1. The molecule has 0 bridgehead atoms. The number of hydrogen-bond donors (Lipinski definition) is 4. The van der Waals surface area contributed by atoms with E-state index in [0.29, 0.717) is 54.1 Å². The van der Waals surface area contributed by atoms with Gasteiger partial charge in [0, 0.05) is 5.70 Å². The second kappa shape index (κ2) is 16.9. The highest BCUT2D eigenvalue weighted by Gasteiger charge is 2.32. The summed E-state index contributed by atoms with van der Waals surface area (Å²) in [4.78, 5) is 24.7. The van der Waals surface area contributed by atoms with E-state index < -0.39 is 24.3 Å². The molecule has 0 aromatic heterocycles. The molecule has 0 fully saturated rings. The summed E-state index contributed by atoms with van der Waals surface area (Å²) < 4.78 is 29.4. The molecule has 0 radical (unpaired) electrons. The molecule has 3 aromatic rings. The minimum atomic E-state index is -1.15. The molecule has 250 valence electrons. The second-order valence-electron chi connectivity index (χ2n) is 10.5. The Kier molecular flexibility index (Phi) is 12.7. The zero-order valence-corrected chi connectivity index (χ0v) is 29.0. The van der Waals surface area contributed by atoms with Crippen LogP contribution in [0.5, 0.6) is 23.0 Å². The van der Waals surface area contributed by atoms with Crippen LogP contribution in [0, 0.1) is 10.5 Å². The summed E-state index contributed by atoms with van der Waals surface area (Å²) in [7, 11) is 1.28. The Morgan fingerprint density at radius 1 is 1.00 bits per heavy atom. The molecule has 1 aliphatic rings. The first kappa shape index (κ1) is 35.4. The minimum Gasteiger partial charge on any atom is -0.490 e. The predicted octanol–water partition coefficient (Wildman–Crippen LogP) is 5.10. The van der Waals surface area contributed by atoms with Gasteiger partial charge in [0.2, 0.25) is 0 Å². The number of esters is 1. The van der Waals surface area contributed by atoms with Gasteiger partial charge in [-0.2, -0.15) is 5.10 Å². The molecular weight excluding hydrogens is 719 g/mol. The topological polar surface area (TPSA) is 149 Å². The van der Waals surface area contributed by atoms with Crippen molar-refractivity contribution in [3.8, 4) is 23.0 Å². The first-order chi connectivity index (χ1) is 22.6. The number of halogens is 1. The molecule has 13 heteroatoms. The SMILES string of the molecule is CCOc1cc([C@H]2NC(=O)NC(C)=C2C(=O)OC)ccc1OC[C@H](O)N/N=C\c1cc(I)c(OCc2ccc(C)cc2)c(OCC)c1. The first-order valence-corrected chi connectivity index (χ1v) is 16.1. The second-order valence-corrected chi connectivity index (χ2v) is 11.6. The maximum absolute atomic E-state index is 12.5. The zero-order valence-electron chi connectivity index (χ0n) is 26.9. The average Bonchev–Trinajstić information content (AvgIpc) is 3.04. The van der Waals surface area contributed by atoms with Crippen LogP contribution in [-0.4, -0.2) is 56.5 Å². The van der Waals surface area contributed by atoms with Gasteiger partial charge in [0.1, 0.15) is 13.2 Å². The van der Waals surface area contributed by atoms with Crippen LogP contribution in [0.2, 0.25) is 0 Å². The molecule has 0 spiro atoms. The summed E-state index contributed by atoms with van der Waals surface area (Å²) >= 11 is 2.20. The molecule has 0 unspecified atom stereocenters. The number of methoxy groups -OCH3 is 1. The number of allylic oxidation sites excluding steroid dienone is 1. The molecule has 2 amide bonds. The van der Waals surface area contributed by atoms with Crippen LogP contribution >= 0.6 is 22.6 Å². The Morgan fingerprint density at radius 2 is 1.72 bits per heavy atom. The lowest BCUT2D eigenvalue weighted by molar-refractivity contribution is -0.136. The van der Waals surface area contributed by atoms with Crippen LogP contribution in [-0.2, 0) is 16.1 Å². The molecule has 12 nitrogen and oxygen atoms in total. The number of nitrogens with one attached hydrogen (secondary N) is 3. The van der Waals surface area contributed by atoms with E-state index in [1.165, 1.54) is 12.7 Å². The van der Waals surface area contributed by atoms with E-state index in [4.69, 9.17) is 23.7 Å². The van der Waals surface area contributed by atoms with Crippen LogP contribution in [0.15, 0.2) is 71.0 Å². The van der Waals surface area contributed by atoms with E-state index in [1.54, 1.807) is 31.3 Å². The van der Waals surface area contributed by atoms with Crippen molar-refractivity contribution in [3.63, 3.8) is 0 Å². The Bertz CT molecular complexity index is 1630. The van der Waals surface area contributed by atoms with Gasteiger partial charge in [0.15, 0.2) is 29.2 Å². The van der Waals surface area contributed by atoms with Crippen LogP contribution in [0.25, 0.3) is 0 Å². The van der Waals surface area contributed by atoms with Gasteiger partial charge in [-0.15, -0.1) is 0 Å². The van der Waals surface area contributed by atoms with Gasteiger partial charge in [-0.1, -0.05) is 35.9 Å². The summed E-state index contributed by atoms with van der Waals surface area (Å²) in [6.45, 7) is 8.45. The number of aryl methyl sites for hydroxylation is 1. The fourth-order valence-corrected chi connectivity index (χ4v) is 5.51. The van der Waals surface area contributed by atoms with Gasteiger partial charge in [-0.3, -0.25) is 5.43 Å². The highest BCUT2D eigenvalue weighted by atomic mass is 127. The molecule has 47 heavy (non-hydrogen) atoms. The van der Waals surface area contributed by atoms with Crippen molar-refractivity contribution < 1.29 is 38.4 Å². The van der Waals surface area contributed by atoms with Crippen molar-refractivity contribution in [2.24, 2.45) is 5.10 Å². The maximum Gasteiger partial charge on any atom is 0.337 e. The first-order valence-electron chi connectivity index (χ1n) is 15.0. The fraction of sp³-hybridized carbons (Fsp3) is 0.324. The molecule has 1 aliphatic heterocycles. The number of benzene rings is 3. The molecule has 3 aromatic carbocycles. The zero-order chi connectivity index (χ0) is 33.9. The summed E-state index contributed by atoms with van der Waals surface area (Å²) in [6, 6.07) is 15.7. The predicted molar refractivity (Wildman–Crippen MR) is 185 cm³/mol. The lowest BCUT2D eigenvalue weighted by Crippen LogP contribution is -2.45. The smallest absolute Gasteiger partial charge is 0.337 e. The molecular formula is C34H39IN4O8. The number of ether oxygens (including phenoxy) is 5. The van der Waals surface area contributed by atoms with Gasteiger partial charge in [-0.25, -0.2) is 9.59 Å². The van der Waals surface area contributed by atoms with Crippen LogP contribution in [0.4, 0.5) is 4.79 Å². The largest absolute Gasteiger partial charge is 0.490 e. The molecule has 0 saturated carbocycles. The molecule has 2 atom stereocenters. The number of urea groups is 1. The standard InChI is InChI=1S/C34H39IN4O8/c1-6-44-27-16-24(31-30(33(41)43-5)21(4)37-34(42)38-31)12-13-26(27)46-19-29(40)39-36-17-23-14-25(35)32(28(15-23)45-7-2)47-18-22-10-8-20(3)9-11-22/h8-17,29,31,39-40H,6-7,18-19H2,1-5H3,(H2,37,38,42)/b36-17-/t29-,31+/m0/s1. The Morgan fingerprint density at radius 3 is 2.43 bits per heavy atom. The van der Waals surface area contributed by atoms with E-state index in [0.717, 1.165) is 14.7 Å². The molecule has 4 N–H and O–H groups in total. The number of nitrogens with zero attached hydrogens (tertiary/aromatic N) is 1. The third-order valence-electron chi connectivity index (χ3n) is 6.94. The van der Waals surface area contributed by atoms with Gasteiger partial charge in [0.25, 0.3) is 0 Å². The molecule has 0 saturated heterocycles. The van der Waals surface area contributed by atoms with Gasteiger partial charge in [0.05, 0.1) is 41.7 Å². The summed E-state index contributed by atoms with van der Waals surface area (Å²) in [6.07, 6.45) is 0.419. The number of aliphatic hydroxyl groups excluding tert-OH is 1. The van der Waals surface area contributed by atoms with Crippen molar-refractivity contribution in [2.75, 3.05) is 26.9 Å². The number of rotatable bonds is 15. The maximum atomic E-state index is 12.5. The third kappa shape index (κ3) is 9.51. The minimum absolute atomic E-state index is 0.152. The average molecular weight is 759 g/mol. The number of carbonyl (C=O) groups is 2. The van der Waals surface area contributed by atoms with E-state index >= 15 is 0 Å². The van der Waals surface area contributed by atoms with E-state index in [2.05, 4.69) is 43.8 Å². The summed E-state index contributed by atoms with van der Waals surface area (Å²) in [5.74, 6) is 1.41. The van der Waals surface area contributed by atoms with Gasteiger partial charge < -0.3 is 39.4 Å². The Balaban J connectivity index is 1.40. The lowest BCUT2D eigenvalue weighted by atomic mass is 9.95. The fourth-order valence-electron chi connectivity index (χ4n) is 4.73.